The highest BCUT2D eigenvalue weighted by Gasteiger charge is 2.42. The van der Waals surface area contributed by atoms with E-state index in [1.165, 1.54) is 22.5 Å². The molecule has 0 spiro atoms. The van der Waals surface area contributed by atoms with Crippen molar-refractivity contribution in [3.05, 3.63) is 112 Å². The summed E-state index contributed by atoms with van der Waals surface area (Å²) in [7, 11) is 0. The predicted molar refractivity (Wildman–Crippen MR) is 162 cm³/mol. The van der Waals surface area contributed by atoms with Gasteiger partial charge in [0, 0.05) is 35.7 Å². The minimum Gasteiger partial charge on any atom is -0.351 e. The summed E-state index contributed by atoms with van der Waals surface area (Å²) in [6.07, 6.45) is 1.81. The molecule has 0 radical (unpaired) electrons. The molecule has 5 rings (SSSR count). The molecule has 1 amide bonds. The van der Waals surface area contributed by atoms with Crippen LogP contribution in [-0.2, 0) is 11.3 Å². The van der Waals surface area contributed by atoms with Gasteiger partial charge in [-0.3, -0.25) is 9.78 Å². The van der Waals surface area contributed by atoms with Crippen LogP contribution in [0.1, 0.15) is 54.1 Å². The van der Waals surface area contributed by atoms with Crippen LogP contribution in [0.4, 0.5) is 11.4 Å². The summed E-state index contributed by atoms with van der Waals surface area (Å²) in [5.41, 5.74) is 7.09. The first-order valence-corrected chi connectivity index (χ1v) is 13.8. The van der Waals surface area contributed by atoms with Gasteiger partial charge in [0.1, 0.15) is 0 Å². The molecule has 0 unspecified atom stereocenters. The molecule has 6 nitrogen and oxygen atoms in total. The Morgan fingerprint density at radius 3 is 2.49 bits per heavy atom. The molecule has 39 heavy (non-hydrogen) atoms. The van der Waals surface area contributed by atoms with E-state index >= 15 is 0 Å². The van der Waals surface area contributed by atoms with Crippen molar-refractivity contribution in [1.82, 2.24) is 14.9 Å². The minimum atomic E-state index is -0.163. The first-order valence-electron chi connectivity index (χ1n) is 13.1. The number of hydrogen-bond donors (Lipinski definition) is 2. The van der Waals surface area contributed by atoms with E-state index in [9.17, 15) is 4.79 Å². The molecular weight excluding hydrogens is 526 g/mol. The predicted octanol–water partition coefficient (Wildman–Crippen LogP) is 6.97. The largest absolute Gasteiger partial charge is 0.351 e. The molecule has 2 aromatic carbocycles. The van der Waals surface area contributed by atoms with Crippen molar-refractivity contribution in [3.8, 4) is 0 Å². The van der Waals surface area contributed by atoms with Gasteiger partial charge >= 0.3 is 0 Å². The van der Waals surface area contributed by atoms with Crippen molar-refractivity contribution in [2.24, 2.45) is 5.92 Å². The van der Waals surface area contributed by atoms with Crippen LogP contribution < -0.4 is 15.5 Å². The fourth-order valence-corrected chi connectivity index (χ4v) is 5.69. The number of benzene rings is 2. The van der Waals surface area contributed by atoms with Gasteiger partial charge in [0.25, 0.3) is 0 Å². The van der Waals surface area contributed by atoms with Crippen LogP contribution >= 0.6 is 23.8 Å². The maximum absolute atomic E-state index is 12.3. The second kappa shape index (κ2) is 11.2. The van der Waals surface area contributed by atoms with Crippen molar-refractivity contribution >= 4 is 46.2 Å². The van der Waals surface area contributed by atoms with Gasteiger partial charge in [-0.15, -0.1) is 0 Å². The van der Waals surface area contributed by atoms with Crippen molar-refractivity contribution < 1.29 is 4.79 Å². The Labute approximate surface area is 240 Å². The number of nitrogens with zero attached hydrogens (tertiary/aromatic N) is 3. The van der Waals surface area contributed by atoms with E-state index < -0.39 is 0 Å². The number of anilines is 2. The maximum atomic E-state index is 12.3. The molecule has 0 bridgehead atoms. The number of aryl methyl sites for hydroxylation is 1. The van der Waals surface area contributed by atoms with E-state index in [1.54, 1.807) is 0 Å². The van der Waals surface area contributed by atoms with E-state index in [-0.39, 0.29) is 23.9 Å². The lowest BCUT2D eigenvalue weighted by atomic mass is 9.96. The lowest BCUT2D eigenvalue weighted by Crippen LogP contribution is -2.29. The van der Waals surface area contributed by atoms with Crippen LogP contribution in [0, 0.1) is 19.8 Å². The van der Waals surface area contributed by atoms with Crippen molar-refractivity contribution in [3.63, 3.8) is 0 Å². The molecule has 2 aromatic heterocycles. The summed E-state index contributed by atoms with van der Waals surface area (Å²) in [6.45, 7) is 8.79. The van der Waals surface area contributed by atoms with Crippen molar-refractivity contribution in [1.29, 1.82) is 0 Å². The van der Waals surface area contributed by atoms with Crippen LogP contribution in [-0.4, -0.2) is 20.6 Å². The molecule has 0 saturated carbocycles. The highest BCUT2D eigenvalue weighted by atomic mass is 35.5. The zero-order valence-electron chi connectivity index (χ0n) is 22.5. The number of carbonyl (C=O) groups excluding carboxylic acids is 1. The van der Waals surface area contributed by atoms with E-state index in [1.807, 2.05) is 62.5 Å². The summed E-state index contributed by atoms with van der Waals surface area (Å²) in [4.78, 5) is 19.1. The van der Waals surface area contributed by atoms with Crippen LogP contribution in [0.15, 0.2) is 79.0 Å². The normalized spacial score (nSPS) is 17.0. The maximum Gasteiger partial charge on any atom is 0.226 e. The lowest BCUT2D eigenvalue weighted by Gasteiger charge is -2.28. The quantitative estimate of drug-likeness (QED) is 0.240. The standard InChI is InChI=1S/C31H32ClN5OS/c1-19(2)30(38)34-26-14-13-23(17-25(26)32)37-29(28(35-31(37)39)27-12-8-9-15-33-27)24-16-20(3)36(21(24)4)18-22-10-6-5-7-11-22/h5-17,19,28-29H,18H2,1-4H3,(H,34,38)(H,35,39)/t28-,29+/m0/s1. The number of thiocarbonyl (C=S) groups is 1. The third-order valence-corrected chi connectivity index (χ3v) is 7.85. The van der Waals surface area contributed by atoms with E-state index in [0.717, 1.165) is 17.9 Å². The molecule has 2 N–H and O–H groups in total. The van der Waals surface area contributed by atoms with Gasteiger partial charge in [0.15, 0.2) is 5.11 Å². The molecule has 1 aliphatic heterocycles. The number of halogens is 1. The Morgan fingerprint density at radius 2 is 1.82 bits per heavy atom. The van der Waals surface area contributed by atoms with Crippen LogP contribution in [0.25, 0.3) is 0 Å². The Kier molecular flexibility index (Phi) is 7.73. The topological polar surface area (TPSA) is 62.2 Å². The number of pyridine rings is 1. The fourth-order valence-electron chi connectivity index (χ4n) is 5.12. The summed E-state index contributed by atoms with van der Waals surface area (Å²) in [5, 5.41) is 7.49. The summed E-state index contributed by atoms with van der Waals surface area (Å²) >= 11 is 12.6. The van der Waals surface area contributed by atoms with Gasteiger partial charge in [-0.1, -0.05) is 61.8 Å². The molecular formula is C31H32ClN5OS. The Morgan fingerprint density at radius 1 is 1.08 bits per heavy atom. The van der Waals surface area contributed by atoms with Crippen LogP contribution in [0.3, 0.4) is 0 Å². The third kappa shape index (κ3) is 5.42. The third-order valence-electron chi connectivity index (χ3n) is 7.23. The van der Waals surface area contributed by atoms with Crippen molar-refractivity contribution in [2.45, 2.75) is 46.3 Å². The summed E-state index contributed by atoms with van der Waals surface area (Å²) in [5.74, 6) is -0.229. The molecule has 4 aromatic rings. The number of nitrogens with one attached hydrogen (secondary N) is 2. The second-order valence-electron chi connectivity index (χ2n) is 10.2. The van der Waals surface area contributed by atoms with Gasteiger partial charge in [0.2, 0.25) is 5.91 Å². The Hall–Kier alpha value is -3.68. The molecule has 1 aliphatic rings. The molecule has 8 heteroatoms. The fraction of sp³-hybridized carbons (Fsp3) is 0.258. The SMILES string of the molecule is Cc1cc([C@@H]2[C@H](c3ccccn3)NC(=S)N2c2ccc(NC(=O)C(C)C)c(Cl)c2)c(C)n1Cc1ccccc1. The minimum absolute atomic E-state index is 0.0815. The number of hydrogen-bond acceptors (Lipinski definition) is 3. The van der Waals surface area contributed by atoms with E-state index in [0.29, 0.717) is 15.8 Å². The Balaban J connectivity index is 1.57. The molecule has 1 fully saturated rings. The van der Waals surface area contributed by atoms with Gasteiger partial charge in [-0.25, -0.2) is 0 Å². The van der Waals surface area contributed by atoms with Gasteiger partial charge in [-0.2, -0.15) is 0 Å². The van der Waals surface area contributed by atoms with Crippen LogP contribution in [0.5, 0.6) is 0 Å². The molecule has 1 saturated heterocycles. The van der Waals surface area contributed by atoms with Crippen LogP contribution in [0.2, 0.25) is 5.02 Å². The zero-order valence-corrected chi connectivity index (χ0v) is 24.1. The molecule has 2 atom stereocenters. The second-order valence-corrected chi connectivity index (χ2v) is 11.0. The highest BCUT2D eigenvalue weighted by Crippen LogP contribution is 2.44. The first-order chi connectivity index (χ1) is 18.7. The smallest absolute Gasteiger partial charge is 0.226 e. The first kappa shape index (κ1) is 26.9. The van der Waals surface area contributed by atoms with E-state index in [2.05, 4.69) is 69.3 Å². The molecule has 3 heterocycles. The average Bonchev–Trinajstić information content (AvgIpc) is 3.41. The highest BCUT2D eigenvalue weighted by molar-refractivity contribution is 7.80. The summed E-state index contributed by atoms with van der Waals surface area (Å²) in [6, 6.07) is 24.0. The average molecular weight is 558 g/mol. The van der Waals surface area contributed by atoms with Gasteiger partial charge in [-0.05, 0) is 73.6 Å². The number of amides is 1. The van der Waals surface area contributed by atoms with Gasteiger partial charge in [0.05, 0.1) is 28.5 Å². The lowest BCUT2D eigenvalue weighted by molar-refractivity contribution is -0.118. The monoisotopic (exact) mass is 557 g/mol. The number of rotatable bonds is 7. The summed E-state index contributed by atoms with van der Waals surface area (Å²) < 4.78 is 2.34. The van der Waals surface area contributed by atoms with Crippen molar-refractivity contribution in [2.75, 3.05) is 10.2 Å². The number of aromatic nitrogens is 2. The molecule has 0 aliphatic carbocycles. The Bertz CT molecular complexity index is 1500. The van der Waals surface area contributed by atoms with Gasteiger partial charge < -0.3 is 20.1 Å². The van der Waals surface area contributed by atoms with E-state index in [4.69, 9.17) is 23.8 Å². The number of carbonyl (C=O) groups is 1. The zero-order chi connectivity index (χ0) is 27.7. The molecule has 200 valence electrons.